The Morgan fingerprint density at radius 2 is 1.79 bits per heavy atom. The average molecular weight is 516 g/mol. The summed E-state index contributed by atoms with van der Waals surface area (Å²) in [6, 6.07) is 13.2. The lowest BCUT2D eigenvalue weighted by atomic mass is 10.1. The Morgan fingerprint density at radius 1 is 1.00 bits per heavy atom. The number of aliphatic imine (C=N–C) groups is 1. The zero-order valence-corrected chi connectivity index (χ0v) is 18.7. The van der Waals surface area contributed by atoms with Crippen LogP contribution in [0.2, 0.25) is 0 Å². The van der Waals surface area contributed by atoms with Gasteiger partial charge in [0, 0.05) is 17.3 Å². The molecule has 0 atom stereocenters. The van der Waals surface area contributed by atoms with Crippen molar-refractivity contribution >= 4 is 54.9 Å². The van der Waals surface area contributed by atoms with Gasteiger partial charge in [0.05, 0.1) is 10.2 Å². The van der Waals surface area contributed by atoms with E-state index < -0.39 is 0 Å². The van der Waals surface area contributed by atoms with E-state index >= 15 is 0 Å². The first-order valence-electron chi connectivity index (χ1n) is 8.76. The zero-order chi connectivity index (χ0) is 20.7. The molecule has 0 saturated heterocycles. The fraction of sp³-hybridized carbons (Fsp3) is 0.0909. The van der Waals surface area contributed by atoms with E-state index in [1.165, 1.54) is 0 Å². The van der Waals surface area contributed by atoms with Crippen molar-refractivity contribution in [3.8, 4) is 23.0 Å². The second-order valence-corrected chi connectivity index (χ2v) is 8.31. The lowest BCUT2D eigenvalue weighted by molar-refractivity contribution is 0.442. The van der Waals surface area contributed by atoms with Gasteiger partial charge < -0.3 is 14.6 Å². The van der Waals surface area contributed by atoms with Gasteiger partial charge in [-0.3, -0.25) is 4.99 Å². The highest BCUT2D eigenvalue weighted by atomic mass is 79.9. The summed E-state index contributed by atoms with van der Waals surface area (Å²) in [4.78, 5) is 9.09. The predicted molar refractivity (Wildman–Crippen MR) is 121 cm³/mol. The highest BCUT2D eigenvalue weighted by molar-refractivity contribution is 9.11. The number of hydrogen-bond donors (Lipinski definition) is 2. The third-order valence-corrected chi connectivity index (χ3v) is 5.96. The predicted octanol–water partition coefficient (Wildman–Crippen LogP) is 6.80. The van der Waals surface area contributed by atoms with Crippen LogP contribution < -0.4 is 0 Å². The first kappa shape index (κ1) is 19.7. The van der Waals surface area contributed by atoms with E-state index in [0.29, 0.717) is 15.9 Å². The summed E-state index contributed by atoms with van der Waals surface area (Å²) >= 11 is 6.42. The van der Waals surface area contributed by atoms with Gasteiger partial charge >= 0.3 is 0 Å². The first-order chi connectivity index (χ1) is 13.8. The monoisotopic (exact) mass is 514 g/mol. The molecule has 0 unspecified atom stereocenters. The second-order valence-electron chi connectivity index (χ2n) is 6.66. The number of phenolic OH excluding ortho intramolecular Hbond substituents is 2. The molecule has 7 heteroatoms. The quantitative estimate of drug-likeness (QED) is 0.294. The molecule has 0 aliphatic carbocycles. The number of nitrogens with zero attached hydrogens (tertiary/aromatic N) is 2. The molecule has 4 aromatic rings. The molecule has 0 radical (unpaired) electrons. The van der Waals surface area contributed by atoms with Crippen LogP contribution in [-0.2, 0) is 0 Å². The number of fused-ring (bicyclic) bond motifs is 1. The zero-order valence-electron chi connectivity index (χ0n) is 15.6. The number of aryl methyl sites for hydroxylation is 2. The molecule has 146 valence electrons. The van der Waals surface area contributed by atoms with Gasteiger partial charge in [-0.05, 0) is 87.2 Å². The van der Waals surface area contributed by atoms with Crippen molar-refractivity contribution in [2.75, 3.05) is 0 Å². The van der Waals surface area contributed by atoms with Gasteiger partial charge in [0.2, 0.25) is 5.89 Å². The van der Waals surface area contributed by atoms with Crippen molar-refractivity contribution in [3.63, 3.8) is 0 Å². The third-order valence-electron chi connectivity index (χ3n) is 4.60. The summed E-state index contributed by atoms with van der Waals surface area (Å²) in [5, 5.41) is 20.0. The SMILES string of the molecule is Cc1cc(-c2nc3c(C)cccc3o2)ccc1/N=C/c1cc(Br)c(O)c(Br)c1O. The standard InChI is InChI=1S/C22H16Br2N2O3/c1-11-4-3-5-17-19(11)26-22(29-17)13-6-7-16(12(2)8-13)25-10-14-9-15(23)21(28)18(24)20(14)27/h3-10,27-28H,1-2H3/b25-10+. The van der Waals surface area contributed by atoms with Gasteiger partial charge in [0.25, 0.3) is 0 Å². The van der Waals surface area contributed by atoms with Gasteiger partial charge in [0.15, 0.2) is 5.58 Å². The van der Waals surface area contributed by atoms with Crippen molar-refractivity contribution < 1.29 is 14.6 Å². The highest BCUT2D eigenvalue weighted by Crippen LogP contribution is 2.41. The number of para-hydroxylation sites is 1. The highest BCUT2D eigenvalue weighted by Gasteiger charge is 2.13. The Kier molecular flexibility index (Phi) is 5.19. The summed E-state index contributed by atoms with van der Waals surface area (Å²) in [6.07, 6.45) is 1.55. The number of halogens is 2. The minimum Gasteiger partial charge on any atom is -0.506 e. The van der Waals surface area contributed by atoms with Gasteiger partial charge in [-0.25, -0.2) is 4.98 Å². The van der Waals surface area contributed by atoms with Crippen molar-refractivity contribution in [2.24, 2.45) is 4.99 Å². The maximum Gasteiger partial charge on any atom is 0.227 e. The number of rotatable bonds is 3. The van der Waals surface area contributed by atoms with Crippen LogP contribution in [0.15, 0.2) is 60.8 Å². The van der Waals surface area contributed by atoms with Gasteiger partial charge in [-0.15, -0.1) is 0 Å². The van der Waals surface area contributed by atoms with E-state index in [4.69, 9.17) is 4.42 Å². The van der Waals surface area contributed by atoms with Crippen LogP contribution in [0.4, 0.5) is 5.69 Å². The Bertz CT molecular complexity index is 1280. The number of hydrogen-bond acceptors (Lipinski definition) is 5. The molecule has 2 N–H and O–H groups in total. The fourth-order valence-electron chi connectivity index (χ4n) is 3.00. The largest absolute Gasteiger partial charge is 0.506 e. The Balaban J connectivity index is 1.67. The van der Waals surface area contributed by atoms with E-state index in [1.54, 1.807) is 12.3 Å². The molecule has 0 amide bonds. The van der Waals surface area contributed by atoms with Crippen LogP contribution in [0, 0.1) is 13.8 Å². The summed E-state index contributed by atoms with van der Waals surface area (Å²) in [5.41, 5.74) is 5.73. The lowest BCUT2D eigenvalue weighted by Gasteiger charge is -2.07. The van der Waals surface area contributed by atoms with E-state index in [2.05, 4.69) is 41.8 Å². The van der Waals surface area contributed by atoms with E-state index in [0.717, 1.165) is 33.5 Å². The average Bonchev–Trinajstić information content (AvgIpc) is 3.14. The molecule has 1 aromatic heterocycles. The smallest absolute Gasteiger partial charge is 0.227 e. The molecule has 29 heavy (non-hydrogen) atoms. The maximum atomic E-state index is 10.2. The molecule has 0 aliphatic rings. The number of benzene rings is 3. The van der Waals surface area contributed by atoms with Crippen molar-refractivity contribution in [1.29, 1.82) is 0 Å². The molecule has 5 nitrogen and oxygen atoms in total. The van der Waals surface area contributed by atoms with Crippen LogP contribution in [0.5, 0.6) is 11.5 Å². The van der Waals surface area contributed by atoms with Crippen molar-refractivity contribution in [2.45, 2.75) is 13.8 Å². The molecular weight excluding hydrogens is 500 g/mol. The number of oxazole rings is 1. The van der Waals surface area contributed by atoms with Crippen molar-refractivity contribution in [1.82, 2.24) is 4.98 Å². The minimum atomic E-state index is -0.0782. The minimum absolute atomic E-state index is 0.0613. The summed E-state index contributed by atoms with van der Waals surface area (Å²) in [6.45, 7) is 3.96. The topological polar surface area (TPSA) is 78.9 Å². The lowest BCUT2D eigenvalue weighted by Crippen LogP contribution is -1.87. The van der Waals surface area contributed by atoms with Crippen LogP contribution >= 0.6 is 31.9 Å². The van der Waals surface area contributed by atoms with Crippen LogP contribution in [0.3, 0.4) is 0 Å². The Hall–Kier alpha value is -2.64. The molecule has 0 spiro atoms. The van der Waals surface area contributed by atoms with E-state index in [1.807, 2.05) is 50.2 Å². The number of aromatic hydroxyl groups is 2. The molecule has 0 aliphatic heterocycles. The van der Waals surface area contributed by atoms with Gasteiger partial charge in [-0.1, -0.05) is 12.1 Å². The third kappa shape index (κ3) is 3.68. The van der Waals surface area contributed by atoms with Gasteiger partial charge in [-0.2, -0.15) is 0 Å². The maximum absolute atomic E-state index is 10.2. The fourth-order valence-corrected chi connectivity index (χ4v) is 4.15. The molecule has 4 rings (SSSR count). The Morgan fingerprint density at radius 3 is 2.52 bits per heavy atom. The molecule has 0 bridgehead atoms. The molecule has 0 fully saturated rings. The molecular formula is C22H16Br2N2O3. The summed E-state index contributed by atoms with van der Waals surface area (Å²) in [7, 11) is 0. The van der Waals surface area contributed by atoms with E-state index in [9.17, 15) is 10.2 Å². The summed E-state index contributed by atoms with van der Waals surface area (Å²) < 4.78 is 6.57. The van der Waals surface area contributed by atoms with Crippen LogP contribution in [0.25, 0.3) is 22.6 Å². The first-order valence-corrected chi connectivity index (χ1v) is 10.3. The van der Waals surface area contributed by atoms with Crippen molar-refractivity contribution in [3.05, 3.63) is 68.1 Å². The van der Waals surface area contributed by atoms with Crippen LogP contribution in [0.1, 0.15) is 16.7 Å². The second kappa shape index (κ2) is 7.65. The molecule has 3 aromatic carbocycles. The molecule has 1 heterocycles. The van der Waals surface area contributed by atoms with Crippen LogP contribution in [-0.4, -0.2) is 21.4 Å². The normalized spacial score (nSPS) is 11.6. The Labute approximate surface area is 184 Å². The summed E-state index contributed by atoms with van der Waals surface area (Å²) in [5.74, 6) is 0.427. The van der Waals surface area contributed by atoms with Gasteiger partial charge in [0.1, 0.15) is 21.5 Å². The number of phenols is 2. The van der Waals surface area contributed by atoms with E-state index in [-0.39, 0.29) is 16.0 Å². The molecule has 0 saturated carbocycles. The number of aromatic nitrogens is 1.